The number of rotatable bonds is 3. The van der Waals surface area contributed by atoms with Crippen molar-refractivity contribution in [1.82, 2.24) is 0 Å². The molecule has 0 saturated carbocycles. The van der Waals surface area contributed by atoms with E-state index in [9.17, 15) is 17.2 Å². The van der Waals surface area contributed by atoms with Crippen LogP contribution in [-0.4, -0.2) is 8.42 Å². The Balaban J connectivity index is 2.41. The Labute approximate surface area is 121 Å². The van der Waals surface area contributed by atoms with Crippen molar-refractivity contribution in [2.45, 2.75) is 16.7 Å². The minimum Gasteiger partial charge on any atom is -0.276 e. The molecule has 106 valence electrons. The van der Waals surface area contributed by atoms with Gasteiger partial charge in [0.25, 0.3) is 10.0 Å². The van der Waals surface area contributed by atoms with Crippen molar-refractivity contribution < 1.29 is 17.2 Å². The largest absolute Gasteiger partial charge is 0.276 e. The van der Waals surface area contributed by atoms with Gasteiger partial charge in [-0.15, -0.1) is 12.6 Å². The molecular weight excluding hydrogens is 304 g/mol. The molecular formula is C13H11F2NO2S2. The van der Waals surface area contributed by atoms with Gasteiger partial charge in [0.2, 0.25) is 0 Å². The first-order valence-electron chi connectivity index (χ1n) is 5.57. The van der Waals surface area contributed by atoms with E-state index in [-0.39, 0.29) is 15.5 Å². The third-order valence-corrected chi connectivity index (χ3v) is 4.32. The lowest BCUT2D eigenvalue weighted by Crippen LogP contribution is -2.14. The summed E-state index contributed by atoms with van der Waals surface area (Å²) in [6.45, 7) is 1.81. The third kappa shape index (κ3) is 3.10. The van der Waals surface area contributed by atoms with Gasteiger partial charge >= 0.3 is 0 Å². The highest BCUT2D eigenvalue weighted by Crippen LogP contribution is 2.27. The van der Waals surface area contributed by atoms with Crippen LogP contribution in [0.25, 0.3) is 0 Å². The van der Waals surface area contributed by atoms with E-state index in [1.807, 2.05) is 6.92 Å². The molecule has 0 aliphatic heterocycles. The fourth-order valence-electron chi connectivity index (χ4n) is 1.57. The van der Waals surface area contributed by atoms with Crippen molar-refractivity contribution in [1.29, 1.82) is 0 Å². The first-order valence-corrected chi connectivity index (χ1v) is 7.50. The van der Waals surface area contributed by atoms with Crippen molar-refractivity contribution in [2.24, 2.45) is 0 Å². The zero-order chi connectivity index (χ0) is 14.9. The smallest absolute Gasteiger partial charge is 0.262 e. The summed E-state index contributed by atoms with van der Waals surface area (Å²) in [5.41, 5.74) is 0.516. The van der Waals surface area contributed by atoms with E-state index < -0.39 is 21.7 Å². The van der Waals surface area contributed by atoms with E-state index in [1.165, 1.54) is 12.1 Å². The van der Waals surface area contributed by atoms with E-state index in [4.69, 9.17) is 0 Å². The Hall–Kier alpha value is -1.60. The molecule has 0 aromatic heterocycles. The molecule has 2 aromatic rings. The first kappa shape index (κ1) is 14.8. The lowest BCUT2D eigenvalue weighted by Gasteiger charge is -2.11. The molecule has 0 saturated heterocycles. The molecule has 20 heavy (non-hydrogen) atoms. The Kier molecular flexibility index (Phi) is 4.01. The quantitative estimate of drug-likeness (QED) is 0.853. The van der Waals surface area contributed by atoms with Crippen LogP contribution in [0, 0.1) is 18.6 Å². The number of nitrogens with one attached hydrogen (secondary N) is 1. The second kappa shape index (κ2) is 5.41. The molecule has 3 nitrogen and oxygen atoms in total. The Morgan fingerprint density at radius 2 is 1.70 bits per heavy atom. The van der Waals surface area contributed by atoms with Crippen LogP contribution in [0.15, 0.2) is 46.2 Å². The number of hydrogen-bond donors (Lipinski definition) is 2. The molecule has 0 atom stereocenters. The lowest BCUT2D eigenvalue weighted by molar-refractivity contribution is 0.578. The van der Waals surface area contributed by atoms with Crippen LogP contribution < -0.4 is 4.72 Å². The van der Waals surface area contributed by atoms with E-state index in [0.29, 0.717) is 6.07 Å². The molecule has 0 aliphatic carbocycles. The molecule has 2 aromatic carbocycles. The zero-order valence-corrected chi connectivity index (χ0v) is 12.1. The second-order valence-electron chi connectivity index (χ2n) is 4.20. The molecule has 0 fully saturated rings. The SMILES string of the molecule is Cc1ccc(S(=O)(=O)Nc2c(F)cc(F)cc2S)cc1. The second-order valence-corrected chi connectivity index (χ2v) is 6.36. The van der Waals surface area contributed by atoms with Crippen molar-refractivity contribution in [3.8, 4) is 0 Å². The van der Waals surface area contributed by atoms with Crippen LogP contribution in [0.4, 0.5) is 14.5 Å². The summed E-state index contributed by atoms with van der Waals surface area (Å²) in [6.07, 6.45) is 0. The van der Waals surface area contributed by atoms with Crippen LogP contribution >= 0.6 is 12.6 Å². The molecule has 0 aliphatic rings. The van der Waals surface area contributed by atoms with Gasteiger partial charge in [-0.3, -0.25) is 4.72 Å². The number of anilines is 1. The number of thiol groups is 1. The predicted molar refractivity (Wildman–Crippen MR) is 75.6 cm³/mol. The normalized spacial score (nSPS) is 11.4. The maximum absolute atomic E-state index is 13.6. The summed E-state index contributed by atoms with van der Waals surface area (Å²) in [4.78, 5) is -0.141. The zero-order valence-electron chi connectivity index (χ0n) is 10.4. The summed E-state index contributed by atoms with van der Waals surface area (Å²) >= 11 is 3.87. The van der Waals surface area contributed by atoms with Crippen LogP contribution in [-0.2, 0) is 10.0 Å². The minimum absolute atomic E-state index is 0.0143. The molecule has 1 N–H and O–H groups in total. The predicted octanol–water partition coefficient (Wildman–Crippen LogP) is 3.36. The van der Waals surface area contributed by atoms with Crippen molar-refractivity contribution in [2.75, 3.05) is 4.72 Å². The molecule has 0 bridgehead atoms. The Bertz CT molecular complexity index is 720. The molecule has 7 heteroatoms. The van der Waals surface area contributed by atoms with Crippen LogP contribution in [0.3, 0.4) is 0 Å². The third-order valence-electron chi connectivity index (χ3n) is 2.60. The van der Waals surface area contributed by atoms with Crippen LogP contribution in [0.2, 0.25) is 0 Å². The standard InChI is InChI=1S/C13H11F2NO2S2/c1-8-2-4-10(5-3-8)20(17,18)16-13-11(15)6-9(14)7-12(13)19/h2-7,16,19H,1H3. The number of sulfonamides is 1. The molecule has 0 spiro atoms. The van der Waals surface area contributed by atoms with Gasteiger partial charge in [-0.25, -0.2) is 17.2 Å². The number of halogens is 2. The summed E-state index contributed by atoms with van der Waals surface area (Å²) in [5.74, 6) is -1.85. The molecule has 0 heterocycles. The van der Waals surface area contributed by atoms with E-state index in [2.05, 4.69) is 17.4 Å². The minimum atomic E-state index is -3.95. The summed E-state index contributed by atoms with van der Waals surface area (Å²) in [6, 6.07) is 7.56. The van der Waals surface area contributed by atoms with Crippen LogP contribution in [0.5, 0.6) is 0 Å². The van der Waals surface area contributed by atoms with Gasteiger partial charge in [-0.2, -0.15) is 0 Å². The highest BCUT2D eigenvalue weighted by Gasteiger charge is 2.18. The van der Waals surface area contributed by atoms with Crippen LogP contribution in [0.1, 0.15) is 5.56 Å². The van der Waals surface area contributed by atoms with Gasteiger partial charge < -0.3 is 0 Å². The van der Waals surface area contributed by atoms with Crippen molar-refractivity contribution >= 4 is 28.3 Å². The number of aryl methyl sites for hydroxylation is 1. The molecule has 0 amide bonds. The highest BCUT2D eigenvalue weighted by molar-refractivity contribution is 7.92. The number of benzene rings is 2. The Morgan fingerprint density at radius 1 is 1.10 bits per heavy atom. The van der Waals surface area contributed by atoms with Gasteiger partial charge in [-0.05, 0) is 25.1 Å². The first-order chi connectivity index (χ1) is 9.29. The summed E-state index contributed by atoms with van der Waals surface area (Å²) < 4.78 is 52.8. The lowest BCUT2D eigenvalue weighted by atomic mass is 10.2. The van der Waals surface area contributed by atoms with E-state index in [1.54, 1.807) is 12.1 Å². The van der Waals surface area contributed by atoms with E-state index in [0.717, 1.165) is 11.6 Å². The van der Waals surface area contributed by atoms with E-state index >= 15 is 0 Å². The molecule has 2 rings (SSSR count). The maximum Gasteiger partial charge on any atom is 0.262 e. The number of hydrogen-bond acceptors (Lipinski definition) is 3. The average Bonchev–Trinajstić information content (AvgIpc) is 2.34. The molecule has 0 unspecified atom stereocenters. The summed E-state index contributed by atoms with van der Waals surface area (Å²) in [5, 5.41) is 0. The average molecular weight is 315 g/mol. The van der Waals surface area contributed by atoms with Crippen molar-refractivity contribution in [3.63, 3.8) is 0 Å². The fourth-order valence-corrected chi connectivity index (χ4v) is 3.02. The van der Waals surface area contributed by atoms with Gasteiger partial charge in [0.15, 0.2) is 5.82 Å². The maximum atomic E-state index is 13.6. The van der Waals surface area contributed by atoms with Crippen molar-refractivity contribution in [3.05, 3.63) is 53.6 Å². The molecule has 0 radical (unpaired) electrons. The topological polar surface area (TPSA) is 46.2 Å². The summed E-state index contributed by atoms with van der Waals surface area (Å²) in [7, 11) is -3.95. The monoisotopic (exact) mass is 315 g/mol. The van der Waals surface area contributed by atoms with Gasteiger partial charge in [0.05, 0.1) is 10.6 Å². The fraction of sp³-hybridized carbons (Fsp3) is 0.0769. The van der Waals surface area contributed by atoms with Gasteiger partial charge in [0, 0.05) is 11.0 Å². The Morgan fingerprint density at radius 3 is 2.25 bits per heavy atom. The van der Waals surface area contributed by atoms with Gasteiger partial charge in [-0.1, -0.05) is 17.7 Å². The van der Waals surface area contributed by atoms with Gasteiger partial charge in [0.1, 0.15) is 5.82 Å². The highest BCUT2D eigenvalue weighted by atomic mass is 32.2.